The summed E-state index contributed by atoms with van der Waals surface area (Å²) < 4.78 is 17.0. The molecule has 6 heteroatoms. The van der Waals surface area contributed by atoms with Gasteiger partial charge in [-0.15, -0.1) is 0 Å². The standard InChI is InChI=1S/C28H35NO5/c1-28(2,3)34-26(30)15-20-10-13-25-24(14-20)29(17-19-8-6-5-7-9-19)18-22(33-25)16-23(21-11-12-21)27(31)32-4/h5-10,13-14,21-23H,11-12,15-18H2,1-4H3/t22-,23?/m0/s1. The maximum Gasteiger partial charge on any atom is 0.310 e. The zero-order valence-electron chi connectivity index (χ0n) is 20.6. The lowest BCUT2D eigenvalue weighted by molar-refractivity contribution is -0.154. The van der Waals surface area contributed by atoms with E-state index >= 15 is 0 Å². The van der Waals surface area contributed by atoms with E-state index in [1.165, 1.54) is 12.7 Å². The molecule has 0 amide bonds. The van der Waals surface area contributed by atoms with Crippen molar-refractivity contribution >= 4 is 17.6 Å². The van der Waals surface area contributed by atoms with Gasteiger partial charge in [-0.1, -0.05) is 36.4 Å². The molecule has 182 valence electrons. The normalized spacial score (nSPS) is 18.5. The molecule has 2 aromatic carbocycles. The van der Waals surface area contributed by atoms with Crippen LogP contribution in [0.25, 0.3) is 0 Å². The van der Waals surface area contributed by atoms with Crippen molar-refractivity contribution in [2.45, 2.75) is 64.7 Å². The molecule has 0 aromatic heterocycles. The number of benzene rings is 2. The number of fused-ring (bicyclic) bond motifs is 1. The SMILES string of the molecule is COC(=O)C(C[C@H]1CN(Cc2ccccc2)c2cc(CC(=O)OC(C)(C)C)ccc2O1)C1CC1. The van der Waals surface area contributed by atoms with E-state index in [-0.39, 0.29) is 30.4 Å². The quantitative estimate of drug-likeness (QED) is 0.515. The molecule has 0 bridgehead atoms. The molecule has 1 unspecified atom stereocenters. The zero-order chi connectivity index (χ0) is 24.3. The highest BCUT2D eigenvalue weighted by atomic mass is 16.6. The number of carbonyl (C=O) groups excluding carboxylic acids is 2. The van der Waals surface area contributed by atoms with Crippen LogP contribution in [0.15, 0.2) is 48.5 Å². The van der Waals surface area contributed by atoms with Crippen LogP contribution in [0.1, 0.15) is 51.2 Å². The van der Waals surface area contributed by atoms with Gasteiger partial charge < -0.3 is 19.1 Å². The summed E-state index contributed by atoms with van der Waals surface area (Å²) in [5.41, 5.74) is 2.53. The average Bonchev–Trinajstić information content (AvgIpc) is 3.62. The van der Waals surface area contributed by atoms with Crippen LogP contribution < -0.4 is 9.64 Å². The molecule has 0 spiro atoms. The number of methoxy groups -OCH3 is 1. The molecule has 0 saturated heterocycles. The molecule has 1 aliphatic heterocycles. The van der Waals surface area contributed by atoms with Crippen LogP contribution in [0.3, 0.4) is 0 Å². The van der Waals surface area contributed by atoms with Gasteiger partial charge in [-0.25, -0.2) is 0 Å². The van der Waals surface area contributed by atoms with Crippen molar-refractivity contribution < 1.29 is 23.8 Å². The first-order valence-corrected chi connectivity index (χ1v) is 12.1. The van der Waals surface area contributed by atoms with Gasteiger partial charge in [0, 0.05) is 6.54 Å². The molecule has 0 radical (unpaired) electrons. The highest BCUT2D eigenvalue weighted by Gasteiger charge is 2.40. The third-order valence-electron chi connectivity index (χ3n) is 6.28. The molecule has 2 aliphatic rings. The van der Waals surface area contributed by atoms with Gasteiger partial charge in [-0.3, -0.25) is 9.59 Å². The summed E-state index contributed by atoms with van der Waals surface area (Å²) in [4.78, 5) is 27.1. The van der Waals surface area contributed by atoms with Crippen LogP contribution in [0.4, 0.5) is 5.69 Å². The summed E-state index contributed by atoms with van der Waals surface area (Å²) in [6, 6.07) is 16.2. The number of carbonyl (C=O) groups is 2. The first-order valence-electron chi connectivity index (χ1n) is 12.1. The number of nitrogens with zero attached hydrogens (tertiary/aromatic N) is 1. The smallest absolute Gasteiger partial charge is 0.310 e. The van der Waals surface area contributed by atoms with E-state index in [0.29, 0.717) is 18.9 Å². The zero-order valence-corrected chi connectivity index (χ0v) is 20.6. The third-order valence-corrected chi connectivity index (χ3v) is 6.28. The number of esters is 2. The van der Waals surface area contributed by atoms with Crippen molar-refractivity contribution in [2.24, 2.45) is 11.8 Å². The summed E-state index contributed by atoms with van der Waals surface area (Å²) in [5.74, 6) is 0.665. The Bertz CT molecular complexity index is 1010. The number of hydrogen-bond acceptors (Lipinski definition) is 6. The summed E-state index contributed by atoms with van der Waals surface area (Å²) in [6.07, 6.45) is 2.88. The fourth-order valence-corrected chi connectivity index (χ4v) is 4.62. The lowest BCUT2D eigenvalue weighted by Crippen LogP contribution is -2.42. The average molecular weight is 466 g/mol. The maximum absolute atomic E-state index is 12.4. The van der Waals surface area contributed by atoms with E-state index in [9.17, 15) is 9.59 Å². The van der Waals surface area contributed by atoms with Gasteiger partial charge in [0.15, 0.2) is 0 Å². The van der Waals surface area contributed by atoms with Crippen molar-refractivity contribution in [2.75, 3.05) is 18.6 Å². The Morgan fingerprint density at radius 2 is 1.82 bits per heavy atom. The fraction of sp³-hybridized carbons (Fsp3) is 0.500. The largest absolute Gasteiger partial charge is 0.486 e. The third kappa shape index (κ3) is 6.31. The minimum atomic E-state index is -0.515. The van der Waals surface area contributed by atoms with Crippen LogP contribution in [0, 0.1) is 11.8 Å². The Kier molecular flexibility index (Phi) is 7.15. The monoisotopic (exact) mass is 465 g/mol. The van der Waals surface area contributed by atoms with Crippen molar-refractivity contribution in [3.05, 3.63) is 59.7 Å². The van der Waals surface area contributed by atoms with Gasteiger partial charge >= 0.3 is 11.9 Å². The van der Waals surface area contributed by atoms with E-state index in [2.05, 4.69) is 17.0 Å². The Morgan fingerprint density at radius 1 is 1.09 bits per heavy atom. The Labute approximate surface area is 202 Å². The molecule has 1 fully saturated rings. The van der Waals surface area contributed by atoms with Crippen LogP contribution in [0.5, 0.6) is 5.75 Å². The predicted octanol–water partition coefficient (Wildman–Crippen LogP) is 4.93. The lowest BCUT2D eigenvalue weighted by Gasteiger charge is -2.37. The summed E-state index contributed by atoms with van der Waals surface area (Å²) in [5, 5.41) is 0. The molecule has 0 N–H and O–H groups in total. The molecular formula is C28H35NO5. The van der Waals surface area contributed by atoms with E-state index in [0.717, 1.165) is 36.4 Å². The van der Waals surface area contributed by atoms with E-state index in [1.54, 1.807) is 0 Å². The Morgan fingerprint density at radius 3 is 2.47 bits per heavy atom. The van der Waals surface area contributed by atoms with E-state index in [4.69, 9.17) is 14.2 Å². The minimum absolute atomic E-state index is 0.113. The van der Waals surface area contributed by atoms with Gasteiger partial charge in [0.2, 0.25) is 0 Å². The van der Waals surface area contributed by atoms with Gasteiger partial charge in [-0.2, -0.15) is 0 Å². The van der Waals surface area contributed by atoms with E-state index < -0.39 is 5.60 Å². The molecule has 6 nitrogen and oxygen atoms in total. The van der Waals surface area contributed by atoms with Gasteiger partial charge in [0.05, 0.1) is 31.7 Å². The second kappa shape index (κ2) is 10.1. The number of rotatable bonds is 8. The van der Waals surface area contributed by atoms with Gasteiger partial charge in [0.25, 0.3) is 0 Å². The van der Waals surface area contributed by atoms with Crippen molar-refractivity contribution in [3.8, 4) is 5.75 Å². The molecule has 2 aromatic rings. The molecule has 1 heterocycles. The Hall–Kier alpha value is -3.02. The van der Waals surface area contributed by atoms with Gasteiger partial charge in [-0.05, 0) is 69.2 Å². The molecule has 34 heavy (non-hydrogen) atoms. The van der Waals surface area contributed by atoms with Crippen LogP contribution in [-0.2, 0) is 32.0 Å². The summed E-state index contributed by atoms with van der Waals surface area (Å²) in [7, 11) is 1.46. The highest BCUT2D eigenvalue weighted by molar-refractivity contribution is 5.75. The number of ether oxygens (including phenoxy) is 3. The van der Waals surface area contributed by atoms with E-state index in [1.807, 2.05) is 57.2 Å². The minimum Gasteiger partial charge on any atom is -0.486 e. The number of hydrogen-bond donors (Lipinski definition) is 0. The summed E-state index contributed by atoms with van der Waals surface area (Å²) in [6.45, 7) is 7.00. The van der Waals surface area contributed by atoms with Crippen molar-refractivity contribution in [3.63, 3.8) is 0 Å². The first-order chi connectivity index (χ1) is 16.2. The molecule has 2 atom stereocenters. The molecule has 1 saturated carbocycles. The predicted molar refractivity (Wildman–Crippen MR) is 131 cm³/mol. The summed E-state index contributed by atoms with van der Waals surface area (Å²) >= 11 is 0. The molecular weight excluding hydrogens is 430 g/mol. The second-order valence-corrected chi connectivity index (χ2v) is 10.4. The Balaban J connectivity index is 1.56. The molecule has 1 aliphatic carbocycles. The van der Waals surface area contributed by atoms with Crippen molar-refractivity contribution in [1.29, 1.82) is 0 Å². The number of anilines is 1. The lowest BCUT2D eigenvalue weighted by atomic mass is 9.95. The van der Waals surface area contributed by atoms with Crippen molar-refractivity contribution in [1.82, 2.24) is 0 Å². The fourth-order valence-electron chi connectivity index (χ4n) is 4.62. The topological polar surface area (TPSA) is 65.1 Å². The first kappa shape index (κ1) is 24.1. The molecule has 4 rings (SSSR count). The van der Waals surface area contributed by atoms with Crippen LogP contribution in [-0.4, -0.2) is 37.3 Å². The van der Waals surface area contributed by atoms with Crippen LogP contribution >= 0.6 is 0 Å². The van der Waals surface area contributed by atoms with Gasteiger partial charge in [0.1, 0.15) is 17.5 Å². The second-order valence-electron chi connectivity index (χ2n) is 10.4. The highest BCUT2D eigenvalue weighted by Crippen LogP contribution is 2.42. The maximum atomic E-state index is 12.4. The van der Waals surface area contributed by atoms with Crippen LogP contribution in [0.2, 0.25) is 0 Å².